The fourth-order valence-electron chi connectivity index (χ4n) is 4.26. The molecule has 12 nitrogen and oxygen atoms in total. The summed E-state index contributed by atoms with van der Waals surface area (Å²) in [6, 6.07) is 6.05. The number of sulfonamides is 1. The second-order valence-corrected chi connectivity index (χ2v) is 14.7. The summed E-state index contributed by atoms with van der Waals surface area (Å²) in [5.41, 5.74) is 0.538. The summed E-state index contributed by atoms with van der Waals surface area (Å²) in [7, 11) is -3.74. The lowest BCUT2D eigenvalue weighted by atomic mass is 10.1. The number of carbonyl (C=O) groups is 1. The first-order valence-corrected chi connectivity index (χ1v) is 16.6. The molecular formula is C24H34N6O6S3. The average molecular weight is 599 g/mol. The molecule has 0 radical (unpaired) electrons. The number of hydrazone groups is 1. The number of hydrogen-bond acceptors (Lipinski definition) is 11. The molecule has 2 aromatic rings. The monoisotopic (exact) mass is 598 g/mol. The van der Waals surface area contributed by atoms with Crippen LogP contribution < -0.4 is 5.32 Å². The first-order valence-electron chi connectivity index (χ1n) is 12.7. The van der Waals surface area contributed by atoms with E-state index in [-0.39, 0.29) is 25.7 Å². The molecule has 2 saturated heterocycles. The highest BCUT2D eigenvalue weighted by Crippen LogP contribution is 2.27. The molecular weight excluding hydrogens is 565 g/mol. The molecule has 2 fully saturated rings. The van der Waals surface area contributed by atoms with Crippen LogP contribution >= 0.6 is 11.3 Å². The minimum atomic E-state index is -3.71. The number of amides is 1. The zero-order valence-corrected chi connectivity index (χ0v) is 24.5. The van der Waals surface area contributed by atoms with Gasteiger partial charge in [-0.15, -0.1) is 0 Å². The topological polar surface area (TPSA) is 142 Å². The Morgan fingerprint density at radius 2 is 1.72 bits per heavy atom. The SMILES string of the molecule is COCCCS(=O)(=O)c1ccc(/C(=N\N2CCCC2)C(=O)Nc2ncc(S(=O)(=O)N3CCN(C)CC3)s2)cc1. The van der Waals surface area contributed by atoms with Crippen LogP contribution in [0.1, 0.15) is 24.8 Å². The van der Waals surface area contributed by atoms with Gasteiger partial charge in [0.05, 0.1) is 16.8 Å². The number of aromatic nitrogens is 1. The Balaban J connectivity index is 1.52. The third kappa shape index (κ3) is 7.41. The normalized spacial score (nSPS) is 18.0. The van der Waals surface area contributed by atoms with Crippen LogP contribution in [0, 0.1) is 0 Å². The number of methoxy groups -OCH3 is 1. The summed E-state index contributed by atoms with van der Waals surface area (Å²) in [5, 5.41) is 9.17. The van der Waals surface area contributed by atoms with E-state index < -0.39 is 25.8 Å². The molecule has 0 atom stereocenters. The smallest absolute Gasteiger partial charge is 0.278 e. The van der Waals surface area contributed by atoms with Gasteiger partial charge in [0.25, 0.3) is 15.9 Å². The Bertz CT molecular complexity index is 1380. The molecule has 1 aromatic heterocycles. The van der Waals surface area contributed by atoms with Gasteiger partial charge in [-0.2, -0.15) is 9.41 Å². The van der Waals surface area contributed by atoms with Gasteiger partial charge in [0, 0.05) is 58.5 Å². The maximum atomic E-state index is 13.4. The molecule has 3 heterocycles. The maximum absolute atomic E-state index is 13.4. The Labute approximate surface area is 233 Å². The van der Waals surface area contributed by atoms with Crippen molar-refractivity contribution in [2.75, 3.05) is 71.1 Å². The third-order valence-corrected chi connectivity index (χ3v) is 11.6. The van der Waals surface area contributed by atoms with Crippen molar-refractivity contribution >= 4 is 47.9 Å². The first kappa shape index (κ1) is 29.6. The second kappa shape index (κ2) is 12.8. The van der Waals surface area contributed by atoms with Crippen LogP contribution in [-0.4, -0.2) is 113 Å². The Kier molecular flexibility index (Phi) is 9.72. The number of piperazine rings is 1. The highest BCUT2D eigenvalue weighted by Gasteiger charge is 2.30. The molecule has 0 unspecified atom stereocenters. The van der Waals surface area contributed by atoms with E-state index in [1.165, 1.54) is 29.7 Å². The van der Waals surface area contributed by atoms with Gasteiger partial charge in [0.15, 0.2) is 24.9 Å². The fourth-order valence-corrected chi connectivity index (χ4v) is 8.14. The molecule has 2 aliphatic heterocycles. The summed E-state index contributed by atoms with van der Waals surface area (Å²) in [4.78, 5) is 19.7. The van der Waals surface area contributed by atoms with Gasteiger partial charge in [0.2, 0.25) is 0 Å². The number of sulfone groups is 1. The van der Waals surface area contributed by atoms with Crippen molar-refractivity contribution in [2.45, 2.75) is 28.4 Å². The van der Waals surface area contributed by atoms with E-state index in [1.807, 2.05) is 7.05 Å². The summed E-state index contributed by atoms with van der Waals surface area (Å²) in [6.45, 7) is 3.82. The maximum Gasteiger partial charge on any atom is 0.278 e. The third-order valence-electron chi connectivity index (χ3n) is 6.55. The minimum Gasteiger partial charge on any atom is -0.385 e. The number of ether oxygens (including phenoxy) is 1. The molecule has 0 bridgehead atoms. The number of anilines is 1. The molecule has 15 heteroatoms. The summed E-state index contributed by atoms with van der Waals surface area (Å²) < 4.78 is 57.8. The Morgan fingerprint density at radius 1 is 1.05 bits per heavy atom. The lowest BCUT2D eigenvalue weighted by molar-refractivity contribution is -0.110. The molecule has 0 saturated carbocycles. The second-order valence-electron chi connectivity index (χ2n) is 9.44. The van der Waals surface area contributed by atoms with E-state index in [2.05, 4.69) is 20.3 Å². The van der Waals surface area contributed by atoms with Crippen LogP contribution in [0.3, 0.4) is 0 Å². The Morgan fingerprint density at radius 3 is 2.36 bits per heavy atom. The zero-order valence-electron chi connectivity index (χ0n) is 22.1. The van der Waals surface area contributed by atoms with Gasteiger partial charge < -0.3 is 9.64 Å². The van der Waals surface area contributed by atoms with Crippen LogP contribution in [-0.2, 0) is 29.4 Å². The first-order chi connectivity index (χ1) is 18.6. The predicted molar refractivity (Wildman–Crippen MR) is 149 cm³/mol. The molecule has 0 spiro atoms. The van der Waals surface area contributed by atoms with Gasteiger partial charge in [-0.25, -0.2) is 21.8 Å². The number of carbonyl (C=O) groups excluding carboxylic acids is 1. The number of thiazole rings is 1. The average Bonchev–Trinajstić information content (AvgIpc) is 3.60. The number of benzene rings is 1. The van der Waals surface area contributed by atoms with Gasteiger partial charge in [-0.05, 0) is 38.4 Å². The minimum absolute atomic E-state index is 0.0428. The van der Waals surface area contributed by atoms with Crippen LogP contribution in [0.2, 0.25) is 0 Å². The van der Waals surface area contributed by atoms with Crippen LogP contribution in [0.15, 0.2) is 44.7 Å². The van der Waals surface area contributed by atoms with Crippen LogP contribution in [0.4, 0.5) is 5.13 Å². The molecule has 39 heavy (non-hydrogen) atoms. The van der Waals surface area contributed by atoms with E-state index in [9.17, 15) is 21.6 Å². The van der Waals surface area contributed by atoms with Crippen molar-refractivity contribution in [1.29, 1.82) is 0 Å². The van der Waals surface area contributed by atoms with Gasteiger partial charge >= 0.3 is 0 Å². The van der Waals surface area contributed by atoms with E-state index in [1.54, 1.807) is 17.1 Å². The quantitative estimate of drug-likeness (QED) is 0.299. The molecule has 1 amide bonds. The number of nitrogens with one attached hydrogen (secondary N) is 1. The predicted octanol–water partition coefficient (Wildman–Crippen LogP) is 1.33. The molecule has 1 N–H and O–H groups in total. The summed E-state index contributed by atoms with van der Waals surface area (Å²) in [5.74, 6) is -0.603. The van der Waals surface area contributed by atoms with Crippen molar-refractivity contribution in [2.24, 2.45) is 5.10 Å². The van der Waals surface area contributed by atoms with Gasteiger partial charge in [-0.3, -0.25) is 15.1 Å². The largest absolute Gasteiger partial charge is 0.385 e. The van der Waals surface area contributed by atoms with Gasteiger partial charge in [0.1, 0.15) is 0 Å². The summed E-state index contributed by atoms with van der Waals surface area (Å²) in [6.07, 6.45) is 3.55. The molecule has 1 aromatic carbocycles. The van der Waals surface area contributed by atoms with Crippen molar-refractivity contribution < 1.29 is 26.4 Å². The van der Waals surface area contributed by atoms with Gasteiger partial charge in [-0.1, -0.05) is 23.5 Å². The number of likely N-dealkylation sites (N-methyl/N-ethyl adjacent to an activating group) is 1. The zero-order chi connectivity index (χ0) is 28.0. The summed E-state index contributed by atoms with van der Waals surface area (Å²) >= 11 is 0.889. The standard InChI is InChI=1S/C24H34N6O6S3/c1-28-12-14-30(15-13-28)39(34,35)21-18-25-24(37-21)26-23(31)22(27-29-10-3-4-11-29)19-6-8-20(9-7-19)38(32,33)17-5-16-36-2/h6-9,18H,3-5,10-17H2,1-2H3,(H,25,26,31)/b27-22+. The van der Waals surface area contributed by atoms with Crippen molar-refractivity contribution in [3.63, 3.8) is 0 Å². The van der Waals surface area contributed by atoms with Crippen molar-refractivity contribution in [1.82, 2.24) is 19.2 Å². The highest BCUT2D eigenvalue weighted by molar-refractivity contribution is 7.91. The number of hydrogen-bond donors (Lipinski definition) is 1. The van der Waals surface area contributed by atoms with E-state index >= 15 is 0 Å². The lowest BCUT2D eigenvalue weighted by Gasteiger charge is -2.30. The fraction of sp³-hybridized carbons (Fsp3) is 0.542. The molecule has 4 rings (SSSR count). The highest BCUT2D eigenvalue weighted by atomic mass is 32.2. The van der Waals surface area contributed by atoms with Crippen molar-refractivity contribution in [3.05, 3.63) is 36.0 Å². The van der Waals surface area contributed by atoms with E-state index in [4.69, 9.17) is 4.74 Å². The molecule has 0 aliphatic carbocycles. The van der Waals surface area contributed by atoms with E-state index in [0.717, 1.165) is 24.2 Å². The lowest BCUT2D eigenvalue weighted by Crippen LogP contribution is -2.46. The number of nitrogens with zero attached hydrogens (tertiary/aromatic N) is 5. The van der Waals surface area contributed by atoms with E-state index in [0.29, 0.717) is 57.9 Å². The molecule has 214 valence electrons. The van der Waals surface area contributed by atoms with Crippen LogP contribution in [0.5, 0.6) is 0 Å². The molecule has 2 aliphatic rings. The van der Waals surface area contributed by atoms with Crippen molar-refractivity contribution in [3.8, 4) is 0 Å². The Hall–Kier alpha value is -2.43. The number of rotatable bonds is 11. The van der Waals surface area contributed by atoms with Crippen LogP contribution in [0.25, 0.3) is 0 Å².